The Hall–Kier alpha value is -4.44. The number of nitrogens with zero attached hydrogens (tertiary/aromatic N) is 5. The number of benzene rings is 2. The zero-order valence-electron chi connectivity index (χ0n) is 27.1. The van der Waals surface area contributed by atoms with Gasteiger partial charge in [0.2, 0.25) is 5.91 Å². The third-order valence-electron chi connectivity index (χ3n) is 9.23. The second-order valence-electron chi connectivity index (χ2n) is 13.8. The summed E-state index contributed by atoms with van der Waals surface area (Å²) in [4.78, 5) is 48.5. The molecule has 0 spiro atoms. The van der Waals surface area contributed by atoms with Crippen LogP contribution in [0, 0.1) is 12.8 Å². The molecule has 2 atom stereocenters. The summed E-state index contributed by atoms with van der Waals surface area (Å²) < 4.78 is 9.02. The third kappa shape index (κ3) is 6.58. The molecule has 2 aliphatic heterocycles. The van der Waals surface area contributed by atoms with Crippen molar-refractivity contribution in [2.24, 2.45) is 5.92 Å². The summed E-state index contributed by atoms with van der Waals surface area (Å²) in [5.41, 5.74) is 1.68. The second-order valence-corrected chi connectivity index (χ2v) is 13.8. The number of aryl methyl sites for hydroxylation is 1. The average Bonchev–Trinajstić information content (AvgIpc) is 3.47. The van der Waals surface area contributed by atoms with Gasteiger partial charge in [0, 0.05) is 49.9 Å². The predicted molar refractivity (Wildman–Crippen MR) is 176 cm³/mol. The van der Waals surface area contributed by atoms with Crippen molar-refractivity contribution in [3.8, 4) is 5.69 Å². The SMILES string of the molecule is Cc1cccc(-n2ccc3c(=O)n(CC4(O)CCN(C(=O)[C@@H]5CCN(C(=O)OC(C)(C)C)C[C@H]5c5ccccc5)CC4)cnc32)c1. The molecule has 2 aliphatic rings. The number of piperidine rings is 2. The van der Waals surface area contributed by atoms with Crippen LogP contribution in [0.15, 0.2) is 78.0 Å². The molecule has 4 aromatic rings. The highest BCUT2D eigenvalue weighted by Gasteiger charge is 2.42. The van der Waals surface area contributed by atoms with Gasteiger partial charge in [-0.05, 0) is 76.3 Å². The molecule has 6 rings (SSSR count). The maximum absolute atomic E-state index is 14.0. The van der Waals surface area contributed by atoms with Crippen molar-refractivity contribution in [3.63, 3.8) is 0 Å². The average molecular weight is 626 g/mol. The molecular formula is C36H43N5O5. The van der Waals surface area contributed by atoms with Gasteiger partial charge in [0.05, 0.1) is 17.5 Å². The molecular weight excluding hydrogens is 582 g/mol. The summed E-state index contributed by atoms with van der Waals surface area (Å²) in [5.74, 6) is -0.421. The first-order chi connectivity index (χ1) is 21.9. The Labute approximate surface area is 269 Å². The van der Waals surface area contributed by atoms with E-state index in [-0.39, 0.29) is 35.9 Å². The van der Waals surface area contributed by atoms with E-state index in [4.69, 9.17) is 4.74 Å². The molecule has 4 heterocycles. The molecule has 2 aromatic heterocycles. The molecule has 0 bridgehead atoms. The fraction of sp³-hybridized carbons (Fsp3) is 0.444. The van der Waals surface area contributed by atoms with Crippen LogP contribution in [0.5, 0.6) is 0 Å². The number of fused-ring (bicyclic) bond motifs is 1. The van der Waals surface area contributed by atoms with E-state index in [1.54, 1.807) is 11.0 Å². The maximum atomic E-state index is 14.0. The van der Waals surface area contributed by atoms with Gasteiger partial charge in [0.1, 0.15) is 11.9 Å². The molecule has 0 aliphatic carbocycles. The lowest BCUT2D eigenvalue weighted by Crippen LogP contribution is -2.53. The van der Waals surface area contributed by atoms with Crippen LogP contribution in [0.1, 0.15) is 57.1 Å². The Bertz CT molecular complexity index is 1780. The quantitative estimate of drug-likeness (QED) is 0.338. The topological polar surface area (TPSA) is 110 Å². The number of amides is 2. The Morgan fingerprint density at radius 2 is 1.74 bits per heavy atom. The number of hydrogen-bond acceptors (Lipinski definition) is 6. The second kappa shape index (κ2) is 12.4. The fourth-order valence-corrected chi connectivity index (χ4v) is 6.78. The van der Waals surface area contributed by atoms with Gasteiger partial charge in [-0.3, -0.25) is 14.2 Å². The molecule has 46 heavy (non-hydrogen) atoms. The molecule has 10 heteroatoms. The lowest BCUT2D eigenvalue weighted by molar-refractivity contribution is -0.142. The highest BCUT2D eigenvalue weighted by Crippen LogP contribution is 2.36. The third-order valence-corrected chi connectivity index (χ3v) is 9.23. The number of carbonyl (C=O) groups is 2. The van der Waals surface area contributed by atoms with Crippen LogP contribution >= 0.6 is 0 Å². The molecule has 2 amide bonds. The summed E-state index contributed by atoms with van der Waals surface area (Å²) in [5, 5.41) is 12.1. The van der Waals surface area contributed by atoms with E-state index in [0.717, 1.165) is 16.8 Å². The summed E-state index contributed by atoms with van der Waals surface area (Å²) in [6.45, 7) is 9.28. The van der Waals surface area contributed by atoms with E-state index in [1.807, 2.05) is 98.0 Å². The Morgan fingerprint density at radius 3 is 2.43 bits per heavy atom. The molecule has 0 unspecified atom stereocenters. The Kier molecular flexibility index (Phi) is 8.50. The van der Waals surface area contributed by atoms with Crippen LogP contribution < -0.4 is 5.56 Å². The smallest absolute Gasteiger partial charge is 0.410 e. The summed E-state index contributed by atoms with van der Waals surface area (Å²) in [6, 6.07) is 19.6. The number of likely N-dealkylation sites (tertiary alicyclic amines) is 2. The van der Waals surface area contributed by atoms with Gasteiger partial charge in [0.15, 0.2) is 5.65 Å². The normalized spacial score (nSPS) is 20.1. The minimum Gasteiger partial charge on any atom is -0.444 e. The number of rotatable bonds is 5. The van der Waals surface area contributed by atoms with E-state index in [9.17, 15) is 19.5 Å². The summed E-state index contributed by atoms with van der Waals surface area (Å²) in [7, 11) is 0. The fourth-order valence-electron chi connectivity index (χ4n) is 6.78. The number of ether oxygens (including phenoxy) is 1. The Morgan fingerprint density at radius 1 is 1.00 bits per heavy atom. The van der Waals surface area contributed by atoms with Gasteiger partial charge in [-0.2, -0.15) is 0 Å². The molecule has 242 valence electrons. The summed E-state index contributed by atoms with van der Waals surface area (Å²) >= 11 is 0. The van der Waals surface area contributed by atoms with Crippen LogP contribution in [0.25, 0.3) is 16.7 Å². The molecule has 0 saturated carbocycles. The first-order valence-electron chi connectivity index (χ1n) is 16.1. The van der Waals surface area contributed by atoms with E-state index in [0.29, 0.717) is 56.5 Å². The summed E-state index contributed by atoms with van der Waals surface area (Å²) in [6.07, 6.45) is 4.21. The zero-order valence-corrected chi connectivity index (χ0v) is 27.1. The first kappa shape index (κ1) is 31.5. The molecule has 1 N–H and O–H groups in total. The van der Waals surface area contributed by atoms with Crippen LogP contribution in [-0.4, -0.2) is 78.4 Å². The first-order valence-corrected chi connectivity index (χ1v) is 16.1. The highest BCUT2D eigenvalue weighted by atomic mass is 16.6. The van der Waals surface area contributed by atoms with Crippen molar-refractivity contribution >= 4 is 23.0 Å². The Balaban J connectivity index is 1.14. The van der Waals surface area contributed by atoms with Gasteiger partial charge < -0.3 is 24.2 Å². The lowest BCUT2D eigenvalue weighted by Gasteiger charge is -2.43. The van der Waals surface area contributed by atoms with Gasteiger partial charge in [-0.1, -0.05) is 42.5 Å². The predicted octanol–water partition coefficient (Wildman–Crippen LogP) is 4.89. The largest absolute Gasteiger partial charge is 0.444 e. The minimum absolute atomic E-state index is 0.0393. The van der Waals surface area contributed by atoms with E-state index < -0.39 is 11.2 Å². The monoisotopic (exact) mass is 625 g/mol. The van der Waals surface area contributed by atoms with Crippen molar-refractivity contribution in [1.82, 2.24) is 23.9 Å². The van der Waals surface area contributed by atoms with E-state index in [2.05, 4.69) is 4.98 Å². The number of aliphatic hydroxyl groups is 1. The zero-order chi connectivity index (χ0) is 32.6. The van der Waals surface area contributed by atoms with Crippen LogP contribution in [0.3, 0.4) is 0 Å². The molecule has 10 nitrogen and oxygen atoms in total. The standard InChI is InChI=1S/C36H43N5O5/c1-25-9-8-12-27(21-25)41-18-14-29-31(41)37-24-40(33(29)43)23-36(45)15-19-38(20-16-36)32(42)28-13-17-39(34(44)46-35(2,3)4)22-30(28)26-10-6-5-7-11-26/h5-12,14,18,21,24,28,30,45H,13,15-17,19-20,22-23H2,1-4H3/t28-,30+/m1/s1. The van der Waals surface area contributed by atoms with Crippen molar-refractivity contribution in [2.75, 3.05) is 26.2 Å². The number of carbonyl (C=O) groups excluding carboxylic acids is 2. The lowest BCUT2D eigenvalue weighted by atomic mass is 9.79. The van der Waals surface area contributed by atoms with E-state index in [1.165, 1.54) is 10.9 Å². The van der Waals surface area contributed by atoms with E-state index >= 15 is 0 Å². The van der Waals surface area contributed by atoms with Crippen LogP contribution in [0.4, 0.5) is 4.79 Å². The van der Waals surface area contributed by atoms with Crippen molar-refractivity contribution < 1.29 is 19.4 Å². The van der Waals surface area contributed by atoms with Gasteiger partial charge in [-0.25, -0.2) is 9.78 Å². The molecule has 2 fully saturated rings. The maximum Gasteiger partial charge on any atom is 0.410 e. The van der Waals surface area contributed by atoms with Gasteiger partial charge >= 0.3 is 6.09 Å². The van der Waals surface area contributed by atoms with Gasteiger partial charge in [0.25, 0.3) is 5.56 Å². The number of aromatic nitrogens is 3. The van der Waals surface area contributed by atoms with Crippen molar-refractivity contribution in [1.29, 1.82) is 0 Å². The van der Waals surface area contributed by atoms with Crippen molar-refractivity contribution in [2.45, 2.75) is 70.6 Å². The highest BCUT2D eigenvalue weighted by molar-refractivity contribution is 5.81. The number of hydrogen-bond donors (Lipinski definition) is 1. The van der Waals surface area contributed by atoms with Gasteiger partial charge in [-0.15, -0.1) is 0 Å². The van der Waals surface area contributed by atoms with Crippen LogP contribution in [0.2, 0.25) is 0 Å². The van der Waals surface area contributed by atoms with Crippen molar-refractivity contribution in [3.05, 3.63) is 94.7 Å². The molecule has 0 radical (unpaired) electrons. The molecule has 2 aromatic carbocycles. The molecule has 2 saturated heterocycles. The minimum atomic E-state index is -1.14. The van der Waals surface area contributed by atoms with Crippen LogP contribution in [-0.2, 0) is 16.1 Å².